The lowest BCUT2D eigenvalue weighted by Gasteiger charge is -2.24. The third kappa shape index (κ3) is 5.95. The molecule has 0 fully saturated rings. The van der Waals surface area contributed by atoms with Crippen molar-refractivity contribution in [1.29, 1.82) is 0 Å². The summed E-state index contributed by atoms with van der Waals surface area (Å²) in [4.78, 5) is 26.9. The molecule has 0 saturated heterocycles. The summed E-state index contributed by atoms with van der Waals surface area (Å²) in [5.41, 5.74) is 1.57. The summed E-state index contributed by atoms with van der Waals surface area (Å²) in [6.07, 6.45) is 0.524. The van der Waals surface area contributed by atoms with Gasteiger partial charge in [0.05, 0.1) is 48.7 Å². The zero-order valence-corrected chi connectivity index (χ0v) is 24.2. The zero-order chi connectivity index (χ0) is 28.9. The van der Waals surface area contributed by atoms with Gasteiger partial charge in [0.25, 0.3) is 11.8 Å². The minimum atomic E-state index is -0.602. The molecule has 0 radical (unpaired) electrons. The summed E-state index contributed by atoms with van der Waals surface area (Å²) in [6, 6.07) is 14.9. The van der Waals surface area contributed by atoms with Gasteiger partial charge in [-0.25, -0.2) is 9.40 Å². The average molecular weight is 595 g/mol. The predicted molar refractivity (Wildman–Crippen MR) is 154 cm³/mol. The molecule has 212 valence electrons. The fourth-order valence-corrected chi connectivity index (χ4v) is 5.97. The average Bonchev–Trinajstić information content (AvgIpc) is 3.75. The van der Waals surface area contributed by atoms with Crippen molar-refractivity contribution in [1.82, 2.24) is 25.1 Å². The summed E-state index contributed by atoms with van der Waals surface area (Å²) in [7, 11) is 4.89. The highest BCUT2D eigenvalue weighted by Crippen LogP contribution is 2.42. The number of carbonyl (C=O) groups excluding carboxylic acids is 2. The van der Waals surface area contributed by atoms with Crippen LogP contribution in [0.25, 0.3) is 0 Å². The quantitative estimate of drug-likeness (QED) is 0.271. The number of nitrogens with one attached hydrogen (secondary N) is 1. The molecule has 1 aliphatic rings. The summed E-state index contributed by atoms with van der Waals surface area (Å²) in [5, 5.41) is 19.7. The van der Waals surface area contributed by atoms with Crippen molar-refractivity contribution in [2.45, 2.75) is 24.2 Å². The third-order valence-corrected chi connectivity index (χ3v) is 8.46. The molecule has 1 aliphatic heterocycles. The molecule has 10 nitrogen and oxygen atoms in total. The number of nitrogens with zero attached hydrogens (tertiary/aromatic N) is 5. The van der Waals surface area contributed by atoms with Crippen LogP contribution in [0.1, 0.15) is 39.1 Å². The lowest BCUT2D eigenvalue weighted by atomic mass is 9.99. The van der Waals surface area contributed by atoms with E-state index >= 15 is 0 Å². The molecule has 0 spiro atoms. The smallest absolute Gasteiger partial charge is 0.254 e. The summed E-state index contributed by atoms with van der Waals surface area (Å²) >= 11 is 2.78. The summed E-state index contributed by atoms with van der Waals surface area (Å²) in [6.45, 7) is 0.0451. The van der Waals surface area contributed by atoms with Crippen molar-refractivity contribution in [2.75, 3.05) is 20.0 Å². The minimum Gasteiger partial charge on any atom is -0.493 e. The number of rotatable bonds is 10. The van der Waals surface area contributed by atoms with Gasteiger partial charge in [0.1, 0.15) is 5.82 Å². The normalized spacial score (nSPS) is 14.6. The van der Waals surface area contributed by atoms with E-state index in [1.165, 1.54) is 35.0 Å². The Bertz CT molecular complexity index is 1590. The number of hydrogen-bond donors (Lipinski definition) is 1. The second kappa shape index (κ2) is 12.5. The van der Waals surface area contributed by atoms with Gasteiger partial charge in [0.2, 0.25) is 0 Å². The number of benzene rings is 2. The maximum atomic E-state index is 13.9. The zero-order valence-electron chi connectivity index (χ0n) is 22.5. The Morgan fingerprint density at radius 1 is 1.10 bits per heavy atom. The van der Waals surface area contributed by atoms with Gasteiger partial charge in [-0.1, -0.05) is 42.1 Å². The van der Waals surface area contributed by atoms with Gasteiger partial charge in [0.15, 0.2) is 22.5 Å². The van der Waals surface area contributed by atoms with Crippen molar-refractivity contribution in [3.05, 3.63) is 87.6 Å². The van der Waals surface area contributed by atoms with Crippen LogP contribution in [0.5, 0.6) is 11.5 Å². The maximum absolute atomic E-state index is 13.9. The molecule has 0 bridgehead atoms. The highest BCUT2D eigenvalue weighted by Gasteiger charge is 2.36. The molecule has 3 heterocycles. The first-order valence-corrected chi connectivity index (χ1v) is 14.5. The topological polar surface area (TPSA) is 111 Å². The van der Waals surface area contributed by atoms with E-state index in [0.29, 0.717) is 28.9 Å². The minimum absolute atomic E-state index is 0.0451. The number of para-hydroxylation sites is 1. The molecule has 2 aromatic carbocycles. The van der Waals surface area contributed by atoms with Gasteiger partial charge in [-0.3, -0.25) is 9.59 Å². The maximum Gasteiger partial charge on any atom is 0.254 e. The van der Waals surface area contributed by atoms with Crippen molar-refractivity contribution in [3.8, 4) is 11.5 Å². The van der Waals surface area contributed by atoms with Crippen LogP contribution in [0, 0.1) is 5.82 Å². The van der Waals surface area contributed by atoms with E-state index in [-0.39, 0.29) is 29.8 Å². The molecule has 2 amide bonds. The molecule has 5 rings (SSSR count). The van der Waals surface area contributed by atoms with Crippen LogP contribution in [0.15, 0.2) is 70.2 Å². The Labute approximate surface area is 244 Å². The van der Waals surface area contributed by atoms with Gasteiger partial charge in [-0.05, 0) is 29.6 Å². The molecule has 0 aliphatic carbocycles. The first-order chi connectivity index (χ1) is 19.9. The number of methoxy groups -OCH3 is 2. The number of carbonyl (C=O) groups is 2. The van der Waals surface area contributed by atoms with E-state index in [4.69, 9.17) is 14.6 Å². The Kier molecular flexibility index (Phi) is 8.64. The van der Waals surface area contributed by atoms with E-state index in [9.17, 15) is 14.0 Å². The van der Waals surface area contributed by atoms with Gasteiger partial charge < -0.3 is 19.4 Å². The highest BCUT2D eigenvalue weighted by molar-refractivity contribution is 7.99. The number of hydrogen-bond acceptors (Lipinski definition) is 9. The van der Waals surface area contributed by atoms with Crippen LogP contribution in [-0.2, 0) is 18.4 Å². The largest absolute Gasteiger partial charge is 0.493 e. The van der Waals surface area contributed by atoms with Gasteiger partial charge in [-0.15, -0.1) is 21.5 Å². The van der Waals surface area contributed by atoms with Crippen LogP contribution in [0.3, 0.4) is 0 Å². The standard InChI is InChI=1S/C28H27FN6O4S2/c1-34-24(15-30-27(37)17-8-4-5-10-19(17)29)31-32-28(34)41-16-25(36)35-21(14-20(33-35)23-12-7-13-40-23)18-9-6-11-22(38-2)26(18)39-3/h4-13,21H,14-16H2,1-3H3,(H,30,37). The second-order valence-corrected chi connectivity index (χ2v) is 10.9. The van der Waals surface area contributed by atoms with Crippen molar-refractivity contribution in [2.24, 2.45) is 12.1 Å². The van der Waals surface area contributed by atoms with Crippen LogP contribution < -0.4 is 14.8 Å². The van der Waals surface area contributed by atoms with E-state index < -0.39 is 11.7 Å². The Morgan fingerprint density at radius 3 is 2.66 bits per heavy atom. The molecule has 1 N–H and O–H groups in total. The first-order valence-electron chi connectivity index (χ1n) is 12.6. The number of halogens is 1. The molecule has 41 heavy (non-hydrogen) atoms. The molecule has 0 saturated carbocycles. The first kappa shape index (κ1) is 28.3. The highest BCUT2D eigenvalue weighted by atomic mass is 32.2. The van der Waals surface area contributed by atoms with Crippen LogP contribution in [-0.4, -0.2) is 57.3 Å². The molecule has 2 aromatic heterocycles. The van der Waals surface area contributed by atoms with Crippen LogP contribution in [0.4, 0.5) is 4.39 Å². The fourth-order valence-electron chi connectivity index (χ4n) is 4.47. The number of thioether (sulfide) groups is 1. The number of aromatic nitrogens is 3. The van der Waals surface area contributed by atoms with Gasteiger partial charge in [0, 0.05) is 19.0 Å². The van der Waals surface area contributed by atoms with E-state index in [1.807, 2.05) is 35.7 Å². The lowest BCUT2D eigenvalue weighted by Crippen LogP contribution is -2.29. The SMILES string of the molecule is COc1cccc(C2CC(c3cccs3)=NN2C(=O)CSc2nnc(CNC(=O)c3ccccc3F)n2C)c1OC. The third-order valence-electron chi connectivity index (χ3n) is 6.54. The lowest BCUT2D eigenvalue weighted by molar-refractivity contribution is -0.130. The second-order valence-electron chi connectivity index (χ2n) is 8.97. The van der Waals surface area contributed by atoms with Gasteiger partial charge >= 0.3 is 0 Å². The van der Waals surface area contributed by atoms with Crippen molar-refractivity contribution in [3.63, 3.8) is 0 Å². The number of ether oxygens (including phenoxy) is 2. The van der Waals surface area contributed by atoms with Crippen molar-refractivity contribution < 1.29 is 23.5 Å². The Balaban J connectivity index is 1.30. The molecule has 13 heteroatoms. The van der Waals surface area contributed by atoms with E-state index in [0.717, 1.165) is 16.2 Å². The molecular weight excluding hydrogens is 567 g/mol. The van der Waals surface area contributed by atoms with Crippen molar-refractivity contribution >= 4 is 40.6 Å². The number of hydrazone groups is 1. The summed E-state index contributed by atoms with van der Waals surface area (Å²) in [5.74, 6) is 0.278. The van der Waals surface area contributed by atoms with Gasteiger partial charge in [-0.2, -0.15) is 5.10 Å². The Hall–Kier alpha value is -4.23. The number of amides is 2. The monoisotopic (exact) mass is 594 g/mol. The van der Waals surface area contributed by atoms with Crippen LogP contribution in [0.2, 0.25) is 0 Å². The summed E-state index contributed by atoms with van der Waals surface area (Å²) < 4.78 is 26.8. The predicted octanol–water partition coefficient (Wildman–Crippen LogP) is 4.43. The molecule has 1 unspecified atom stereocenters. The van der Waals surface area contributed by atoms with E-state index in [1.54, 1.807) is 43.2 Å². The number of thiophene rings is 1. The molecular formula is C28H27FN6O4S2. The van der Waals surface area contributed by atoms with E-state index in [2.05, 4.69) is 15.5 Å². The fraction of sp³-hybridized carbons (Fsp3) is 0.250. The molecule has 1 atom stereocenters. The van der Waals surface area contributed by atoms with Crippen LogP contribution >= 0.6 is 23.1 Å². The molecule has 4 aromatic rings. The Morgan fingerprint density at radius 2 is 1.93 bits per heavy atom.